The Labute approximate surface area is 259 Å². The highest BCUT2D eigenvalue weighted by Gasteiger charge is 2.35. The first kappa shape index (κ1) is 29.5. The van der Waals surface area contributed by atoms with Crippen LogP contribution in [0.5, 0.6) is 5.88 Å². The molecule has 2 atom stereocenters. The summed E-state index contributed by atoms with van der Waals surface area (Å²) in [4.78, 5) is 26.2. The van der Waals surface area contributed by atoms with Crippen LogP contribution in [0.4, 0.5) is 11.5 Å². The Morgan fingerprint density at radius 3 is 2.64 bits per heavy atom. The van der Waals surface area contributed by atoms with Crippen LogP contribution in [0, 0.1) is 29.6 Å². The van der Waals surface area contributed by atoms with E-state index in [4.69, 9.17) is 9.72 Å². The van der Waals surface area contributed by atoms with Crippen molar-refractivity contribution in [2.24, 2.45) is 0 Å². The summed E-state index contributed by atoms with van der Waals surface area (Å²) in [5.74, 6) is 1.01. The molecule has 2 saturated heterocycles. The molecule has 0 N–H and O–H groups in total. The van der Waals surface area contributed by atoms with Gasteiger partial charge in [-0.25, -0.2) is 0 Å². The van der Waals surface area contributed by atoms with Gasteiger partial charge >= 0.3 is 0 Å². The van der Waals surface area contributed by atoms with E-state index in [0.717, 1.165) is 55.0 Å². The number of rotatable bonds is 7. The van der Waals surface area contributed by atoms with E-state index in [1.165, 1.54) is 22.4 Å². The summed E-state index contributed by atoms with van der Waals surface area (Å²) < 4.78 is 6.41. The Hall–Kier alpha value is -4.60. The number of fused-ring (bicyclic) bond motifs is 2. The highest BCUT2D eigenvalue weighted by Crippen LogP contribution is 2.39. The van der Waals surface area contributed by atoms with Crippen molar-refractivity contribution in [2.45, 2.75) is 51.2 Å². The van der Waals surface area contributed by atoms with Crippen molar-refractivity contribution in [1.29, 1.82) is 10.5 Å². The Morgan fingerprint density at radius 2 is 1.91 bits per heavy atom. The zero-order valence-electron chi connectivity index (χ0n) is 25.6. The van der Waals surface area contributed by atoms with Crippen LogP contribution >= 0.6 is 0 Å². The number of carbonyl (C=O) groups is 1. The third-order valence-corrected chi connectivity index (χ3v) is 9.53. The predicted octanol–water partition coefficient (Wildman–Crippen LogP) is 4.57. The second kappa shape index (κ2) is 12.6. The minimum Gasteiger partial charge on any atom is -0.475 e. The first-order valence-electron chi connectivity index (χ1n) is 15.5. The van der Waals surface area contributed by atoms with Gasteiger partial charge in [-0.05, 0) is 62.9 Å². The molecule has 1 amide bonds. The van der Waals surface area contributed by atoms with E-state index in [1.54, 1.807) is 4.90 Å². The van der Waals surface area contributed by atoms with Gasteiger partial charge in [0.05, 0.1) is 18.5 Å². The summed E-state index contributed by atoms with van der Waals surface area (Å²) in [6.07, 6.45) is 4.44. The van der Waals surface area contributed by atoms with Crippen LogP contribution in [-0.4, -0.2) is 79.2 Å². The van der Waals surface area contributed by atoms with Gasteiger partial charge in [-0.15, -0.1) is 0 Å². The fourth-order valence-electron chi connectivity index (χ4n) is 7.14. The van der Waals surface area contributed by atoms with Crippen LogP contribution in [0.3, 0.4) is 0 Å². The monoisotopic (exact) mass is 589 g/mol. The SMILES string of the molecule is C=CC(=O)N1CCN(c2nc(OCC3CCCN3C)c(C#N)c3c2CCN(c2cccc4cccc(C)c24)C3)C[C@H]1CC#N. The molecule has 3 aromatic rings. The summed E-state index contributed by atoms with van der Waals surface area (Å²) in [5.41, 5.74) is 4.89. The van der Waals surface area contributed by atoms with E-state index in [1.807, 2.05) is 0 Å². The van der Waals surface area contributed by atoms with Crippen LogP contribution in [0.1, 0.15) is 41.5 Å². The molecule has 3 aliphatic heterocycles. The molecule has 9 nitrogen and oxygen atoms in total. The first-order chi connectivity index (χ1) is 21.4. The number of aryl methyl sites for hydroxylation is 1. The number of carbonyl (C=O) groups excluding carboxylic acids is 1. The van der Waals surface area contributed by atoms with Gasteiger partial charge in [0.15, 0.2) is 0 Å². The number of anilines is 2. The van der Waals surface area contributed by atoms with Gasteiger partial charge in [0.1, 0.15) is 24.1 Å². The Balaban J connectivity index is 1.41. The van der Waals surface area contributed by atoms with E-state index >= 15 is 0 Å². The molecular weight excluding hydrogens is 550 g/mol. The van der Waals surface area contributed by atoms with E-state index in [0.29, 0.717) is 44.2 Å². The molecule has 44 heavy (non-hydrogen) atoms. The summed E-state index contributed by atoms with van der Waals surface area (Å²) in [6, 6.07) is 17.5. The third kappa shape index (κ3) is 5.44. The largest absolute Gasteiger partial charge is 0.475 e. The van der Waals surface area contributed by atoms with Crippen molar-refractivity contribution in [1.82, 2.24) is 14.8 Å². The fourth-order valence-corrected chi connectivity index (χ4v) is 7.14. The lowest BCUT2D eigenvalue weighted by Gasteiger charge is -2.42. The van der Waals surface area contributed by atoms with Crippen LogP contribution in [0.25, 0.3) is 10.8 Å². The fraction of sp³-hybridized carbons (Fsp3) is 0.429. The zero-order chi connectivity index (χ0) is 30.8. The second-order valence-corrected chi connectivity index (χ2v) is 12.1. The molecule has 0 aliphatic carbocycles. The van der Waals surface area contributed by atoms with Gasteiger partial charge in [-0.3, -0.25) is 4.79 Å². The number of hydrogen-bond donors (Lipinski definition) is 0. The molecular formula is C35H39N7O2. The number of piperazine rings is 1. The number of amides is 1. The van der Waals surface area contributed by atoms with Crippen molar-refractivity contribution >= 4 is 28.2 Å². The topological polar surface area (TPSA) is 99.7 Å². The summed E-state index contributed by atoms with van der Waals surface area (Å²) in [6.45, 7) is 10.2. The number of benzene rings is 2. The van der Waals surface area contributed by atoms with Crippen molar-refractivity contribution < 1.29 is 9.53 Å². The average Bonchev–Trinajstić information content (AvgIpc) is 3.46. The molecule has 1 aromatic heterocycles. The minimum absolute atomic E-state index is 0.162. The highest BCUT2D eigenvalue weighted by molar-refractivity contribution is 5.97. The van der Waals surface area contributed by atoms with Gasteiger partial charge in [0.25, 0.3) is 0 Å². The number of aromatic nitrogens is 1. The molecule has 2 aromatic carbocycles. The molecule has 0 spiro atoms. The Morgan fingerprint density at radius 1 is 1.09 bits per heavy atom. The predicted molar refractivity (Wildman–Crippen MR) is 172 cm³/mol. The number of nitriles is 2. The van der Waals surface area contributed by atoms with E-state index in [2.05, 4.69) is 83.8 Å². The van der Waals surface area contributed by atoms with Gasteiger partial charge in [-0.2, -0.15) is 15.5 Å². The zero-order valence-corrected chi connectivity index (χ0v) is 25.6. The van der Waals surface area contributed by atoms with Gasteiger partial charge in [0, 0.05) is 61.0 Å². The molecule has 2 fully saturated rings. The third-order valence-electron chi connectivity index (χ3n) is 9.53. The maximum atomic E-state index is 12.6. The van der Waals surface area contributed by atoms with Crippen molar-refractivity contribution in [3.05, 3.63) is 71.3 Å². The number of pyridine rings is 1. The summed E-state index contributed by atoms with van der Waals surface area (Å²) in [5, 5.41) is 22.5. The molecule has 226 valence electrons. The average molecular weight is 590 g/mol. The van der Waals surface area contributed by atoms with Crippen molar-refractivity contribution in [3.63, 3.8) is 0 Å². The minimum atomic E-state index is -0.275. The van der Waals surface area contributed by atoms with Gasteiger partial charge in [0.2, 0.25) is 11.8 Å². The number of nitrogens with zero attached hydrogens (tertiary/aromatic N) is 7. The van der Waals surface area contributed by atoms with Gasteiger partial charge in [-0.1, -0.05) is 36.9 Å². The van der Waals surface area contributed by atoms with Crippen LogP contribution in [-0.2, 0) is 17.8 Å². The van der Waals surface area contributed by atoms with E-state index < -0.39 is 0 Å². The normalized spacial score (nSPS) is 20.2. The Kier molecular flexibility index (Phi) is 8.41. The molecule has 1 unspecified atom stereocenters. The smallest absolute Gasteiger partial charge is 0.246 e. The highest BCUT2D eigenvalue weighted by atomic mass is 16.5. The molecule has 4 heterocycles. The standard InChI is InChI=1S/C35H39N7O2/c1-4-32(43)42-19-18-41(21-26(42)13-15-36)34-28-14-17-40(31-12-6-10-25-9-5-8-24(2)33(25)31)22-30(28)29(20-37)35(38-34)44-23-27-11-7-16-39(27)3/h4-6,8-10,12,26-27H,1,7,11,13-14,16-19,21-23H2,2-3H3/t26-,27?/m1/s1. The quantitative estimate of drug-likeness (QED) is 0.370. The van der Waals surface area contributed by atoms with E-state index in [9.17, 15) is 15.3 Å². The van der Waals surface area contributed by atoms with Crippen LogP contribution in [0.2, 0.25) is 0 Å². The number of hydrogen-bond acceptors (Lipinski definition) is 8. The van der Waals surface area contributed by atoms with Gasteiger partial charge < -0.3 is 24.3 Å². The summed E-state index contributed by atoms with van der Waals surface area (Å²) >= 11 is 0. The number of ether oxygens (including phenoxy) is 1. The van der Waals surface area contributed by atoms with Crippen molar-refractivity contribution in [3.8, 4) is 18.0 Å². The lowest BCUT2D eigenvalue weighted by Crippen LogP contribution is -2.55. The number of likely N-dealkylation sites (N-methyl/N-ethyl adjacent to an activating group) is 1. The molecule has 0 radical (unpaired) electrons. The molecule has 6 rings (SSSR count). The Bertz CT molecular complexity index is 1670. The molecule has 0 bridgehead atoms. The second-order valence-electron chi connectivity index (χ2n) is 12.1. The molecule has 3 aliphatic rings. The first-order valence-corrected chi connectivity index (χ1v) is 15.5. The number of likely N-dealkylation sites (tertiary alicyclic amines) is 1. The summed E-state index contributed by atoms with van der Waals surface area (Å²) in [7, 11) is 2.11. The van der Waals surface area contributed by atoms with E-state index in [-0.39, 0.29) is 24.4 Å². The van der Waals surface area contributed by atoms with Crippen LogP contribution in [0.15, 0.2) is 49.1 Å². The lowest BCUT2D eigenvalue weighted by molar-refractivity contribution is -0.128. The van der Waals surface area contributed by atoms with Crippen LogP contribution < -0.4 is 14.5 Å². The molecule has 9 heteroatoms. The maximum Gasteiger partial charge on any atom is 0.246 e. The lowest BCUT2D eigenvalue weighted by atomic mass is 9.94. The molecule has 0 saturated carbocycles. The maximum absolute atomic E-state index is 12.6. The van der Waals surface area contributed by atoms with Crippen molar-refractivity contribution in [2.75, 3.05) is 56.2 Å².